The second kappa shape index (κ2) is 6.39. The highest BCUT2D eigenvalue weighted by Crippen LogP contribution is 2.15. The summed E-state index contributed by atoms with van der Waals surface area (Å²) in [5.41, 5.74) is 2.31. The number of hydrogen-bond acceptors (Lipinski definition) is 2. The van der Waals surface area contributed by atoms with E-state index in [9.17, 15) is 9.59 Å². The van der Waals surface area contributed by atoms with Gasteiger partial charge in [-0.05, 0) is 40.4 Å². The number of Topliss-reactive ketones (excluding diaryl/α,β-unsaturated/α-hetero) is 1. The van der Waals surface area contributed by atoms with Crippen molar-refractivity contribution in [1.29, 1.82) is 0 Å². The number of carbonyl (C=O) groups is 1. The van der Waals surface area contributed by atoms with Crippen molar-refractivity contribution in [2.24, 2.45) is 0 Å². The third kappa shape index (κ3) is 3.70. The molecule has 2 aromatic rings. The molecule has 0 aliphatic carbocycles. The smallest absolute Gasteiger partial charge is 0.253 e. The van der Waals surface area contributed by atoms with Gasteiger partial charge in [0.2, 0.25) is 0 Å². The van der Waals surface area contributed by atoms with Gasteiger partial charge < -0.3 is 4.57 Å². The fraction of sp³-hybridized carbons (Fsp3) is 0.294. The van der Waals surface area contributed by atoms with E-state index >= 15 is 0 Å². The van der Waals surface area contributed by atoms with Crippen LogP contribution in [0.25, 0.3) is 0 Å². The zero-order chi connectivity index (χ0) is 15.6. The van der Waals surface area contributed by atoms with Gasteiger partial charge in [0.1, 0.15) is 0 Å². The first kappa shape index (κ1) is 15.7. The van der Waals surface area contributed by atoms with E-state index in [2.05, 4.69) is 29.8 Å². The number of aryl methyl sites for hydroxylation is 1. The standard InChI is InChI=1S/C17H18BrNO2/c1-11(2)13-4-6-14(7-5-13)16(20)10-19-9-15(18)8-12(3)17(19)21/h4-9,11H,10H2,1-3H3. The molecule has 1 aromatic heterocycles. The number of carbonyl (C=O) groups excluding carboxylic acids is 1. The summed E-state index contributed by atoms with van der Waals surface area (Å²) < 4.78 is 2.24. The summed E-state index contributed by atoms with van der Waals surface area (Å²) in [5.74, 6) is 0.370. The Kier molecular flexibility index (Phi) is 4.78. The summed E-state index contributed by atoms with van der Waals surface area (Å²) in [4.78, 5) is 24.3. The molecule has 0 N–H and O–H groups in total. The molecule has 1 heterocycles. The van der Waals surface area contributed by atoms with Crippen molar-refractivity contribution in [3.63, 3.8) is 0 Å². The van der Waals surface area contributed by atoms with Gasteiger partial charge in [0, 0.05) is 21.8 Å². The molecule has 0 radical (unpaired) electrons. The zero-order valence-electron chi connectivity index (χ0n) is 12.4. The van der Waals surface area contributed by atoms with Gasteiger partial charge in [-0.2, -0.15) is 0 Å². The number of ketones is 1. The molecule has 0 fully saturated rings. The molecular weight excluding hydrogens is 330 g/mol. The van der Waals surface area contributed by atoms with Crippen LogP contribution in [0.15, 0.2) is 45.8 Å². The fourth-order valence-corrected chi connectivity index (χ4v) is 2.75. The van der Waals surface area contributed by atoms with Crippen LogP contribution in [-0.4, -0.2) is 10.4 Å². The van der Waals surface area contributed by atoms with Crippen molar-refractivity contribution in [2.45, 2.75) is 33.2 Å². The second-order valence-corrected chi connectivity index (χ2v) is 6.39. The summed E-state index contributed by atoms with van der Waals surface area (Å²) in [7, 11) is 0. The summed E-state index contributed by atoms with van der Waals surface area (Å²) in [6.07, 6.45) is 1.65. The minimum Gasteiger partial charge on any atom is -0.306 e. The van der Waals surface area contributed by atoms with E-state index in [0.717, 1.165) is 4.47 Å². The number of aromatic nitrogens is 1. The van der Waals surface area contributed by atoms with Gasteiger partial charge in [0.15, 0.2) is 5.78 Å². The number of rotatable bonds is 4. The molecule has 0 atom stereocenters. The van der Waals surface area contributed by atoms with E-state index in [0.29, 0.717) is 17.0 Å². The molecule has 2 rings (SSSR count). The maximum absolute atomic E-state index is 12.3. The summed E-state index contributed by atoms with van der Waals surface area (Å²) in [5, 5.41) is 0. The number of benzene rings is 1. The third-order valence-electron chi connectivity index (χ3n) is 3.45. The van der Waals surface area contributed by atoms with Crippen LogP contribution < -0.4 is 5.56 Å². The molecule has 110 valence electrons. The van der Waals surface area contributed by atoms with Crippen LogP contribution in [0, 0.1) is 6.92 Å². The van der Waals surface area contributed by atoms with Crippen LogP contribution in [0.2, 0.25) is 0 Å². The molecule has 1 aromatic carbocycles. The Bertz CT molecular complexity index is 715. The van der Waals surface area contributed by atoms with E-state index in [4.69, 9.17) is 0 Å². The maximum Gasteiger partial charge on any atom is 0.253 e. The number of hydrogen-bond donors (Lipinski definition) is 0. The van der Waals surface area contributed by atoms with Crippen LogP contribution in [0.4, 0.5) is 0 Å². The van der Waals surface area contributed by atoms with Crippen LogP contribution in [0.5, 0.6) is 0 Å². The number of halogens is 1. The molecular formula is C17H18BrNO2. The quantitative estimate of drug-likeness (QED) is 0.786. The molecule has 0 unspecified atom stereocenters. The zero-order valence-corrected chi connectivity index (χ0v) is 14.0. The van der Waals surface area contributed by atoms with Crippen molar-refractivity contribution in [2.75, 3.05) is 0 Å². The lowest BCUT2D eigenvalue weighted by atomic mass is 10.0. The molecule has 21 heavy (non-hydrogen) atoms. The molecule has 4 heteroatoms. The normalized spacial score (nSPS) is 10.9. The monoisotopic (exact) mass is 347 g/mol. The third-order valence-corrected chi connectivity index (χ3v) is 3.88. The molecule has 0 bridgehead atoms. The van der Waals surface area contributed by atoms with Gasteiger partial charge in [0.05, 0.1) is 6.54 Å². The van der Waals surface area contributed by atoms with Gasteiger partial charge in [0.25, 0.3) is 5.56 Å². The SMILES string of the molecule is Cc1cc(Br)cn(CC(=O)c2ccc(C(C)C)cc2)c1=O. The highest BCUT2D eigenvalue weighted by atomic mass is 79.9. The summed E-state index contributed by atoms with van der Waals surface area (Å²) in [6.45, 7) is 6.02. The second-order valence-electron chi connectivity index (χ2n) is 5.47. The lowest BCUT2D eigenvalue weighted by molar-refractivity contribution is 0.0970. The topological polar surface area (TPSA) is 39.1 Å². The molecule has 0 aliphatic rings. The minimum atomic E-state index is -0.134. The van der Waals surface area contributed by atoms with E-state index in [1.54, 1.807) is 19.2 Å². The van der Waals surface area contributed by atoms with Gasteiger partial charge in [-0.1, -0.05) is 38.1 Å². The first-order chi connectivity index (χ1) is 9.88. The van der Waals surface area contributed by atoms with Gasteiger partial charge in [-0.3, -0.25) is 9.59 Å². The fourth-order valence-electron chi connectivity index (χ4n) is 2.16. The Morgan fingerprint density at radius 2 is 1.86 bits per heavy atom. The first-order valence-corrected chi connectivity index (χ1v) is 7.67. The first-order valence-electron chi connectivity index (χ1n) is 6.88. The van der Waals surface area contributed by atoms with Gasteiger partial charge in [-0.25, -0.2) is 0 Å². The van der Waals surface area contributed by atoms with E-state index in [-0.39, 0.29) is 17.9 Å². The van der Waals surface area contributed by atoms with Crippen LogP contribution in [-0.2, 0) is 6.54 Å². The molecule has 0 spiro atoms. The summed E-state index contributed by atoms with van der Waals surface area (Å²) in [6, 6.07) is 9.33. The lowest BCUT2D eigenvalue weighted by Gasteiger charge is -2.09. The molecule has 0 amide bonds. The van der Waals surface area contributed by atoms with Crippen molar-refractivity contribution in [1.82, 2.24) is 4.57 Å². The Balaban J connectivity index is 2.24. The average molecular weight is 348 g/mol. The van der Waals surface area contributed by atoms with Gasteiger partial charge >= 0.3 is 0 Å². The Labute approximate surface area is 132 Å². The summed E-state index contributed by atoms with van der Waals surface area (Å²) >= 11 is 3.35. The lowest BCUT2D eigenvalue weighted by Crippen LogP contribution is -2.25. The van der Waals surface area contributed by atoms with Crippen LogP contribution in [0.1, 0.15) is 41.3 Å². The van der Waals surface area contributed by atoms with Crippen LogP contribution in [0.3, 0.4) is 0 Å². The highest BCUT2D eigenvalue weighted by Gasteiger charge is 2.10. The molecule has 0 aliphatic heterocycles. The largest absolute Gasteiger partial charge is 0.306 e. The number of pyridine rings is 1. The number of nitrogens with zero attached hydrogens (tertiary/aromatic N) is 1. The van der Waals surface area contributed by atoms with E-state index < -0.39 is 0 Å². The maximum atomic E-state index is 12.3. The van der Waals surface area contributed by atoms with E-state index in [1.807, 2.05) is 24.3 Å². The van der Waals surface area contributed by atoms with Crippen LogP contribution >= 0.6 is 15.9 Å². The van der Waals surface area contributed by atoms with Crippen molar-refractivity contribution < 1.29 is 4.79 Å². The van der Waals surface area contributed by atoms with E-state index in [1.165, 1.54) is 10.1 Å². The van der Waals surface area contributed by atoms with Crippen molar-refractivity contribution in [3.8, 4) is 0 Å². The minimum absolute atomic E-state index is 0.0557. The van der Waals surface area contributed by atoms with Crippen molar-refractivity contribution in [3.05, 3.63) is 68.0 Å². The molecule has 3 nitrogen and oxygen atoms in total. The highest BCUT2D eigenvalue weighted by molar-refractivity contribution is 9.10. The Morgan fingerprint density at radius 1 is 1.24 bits per heavy atom. The van der Waals surface area contributed by atoms with Crippen molar-refractivity contribution >= 4 is 21.7 Å². The predicted octanol–water partition coefficient (Wildman–Crippen LogP) is 3.93. The molecule has 0 saturated heterocycles. The average Bonchev–Trinajstić information content (AvgIpc) is 2.44. The Hall–Kier alpha value is -1.68. The Morgan fingerprint density at radius 3 is 2.43 bits per heavy atom. The molecule has 0 saturated carbocycles. The van der Waals surface area contributed by atoms with Gasteiger partial charge in [-0.15, -0.1) is 0 Å². The predicted molar refractivity (Wildman–Crippen MR) is 88.0 cm³/mol.